The fourth-order valence-electron chi connectivity index (χ4n) is 1.83. The minimum absolute atomic E-state index is 0.0186. The van der Waals surface area contributed by atoms with Crippen molar-refractivity contribution in [3.63, 3.8) is 0 Å². The average molecular weight is 320 g/mol. The van der Waals surface area contributed by atoms with E-state index in [1.165, 1.54) is 0 Å². The molecular weight excluding hydrogens is 302 g/mol. The van der Waals surface area contributed by atoms with Gasteiger partial charge in [-0.25, -0.2) is 4.79 Å². The van der Waals surface area contributed by atoms with Gasteiger partial charge in [0, 0.05) is 0 Å². The highest BCUT2D eigenvalue weighted by atomic mass is 79.9. The van der Waals surface area contributed by atoms with E-state index in [4.69, 9.17) is 9.57 Å². The standard InChI is InChI=1S/C12H18BrNO4/c1-3-17-11(16)10(9(15)8-13)14-18-12(2)6-4-5-7-12/h3-8H2,1-2H3/b14-10+. The van der Waals surface area contributed by atoms with Crippen molar-refractivity contribution in [3.8, 4) is 0 Å². The van der Waals surface area contributed by atoms with Crippen LogP contribution in [0.1, 0.15) is 39.5 Å². The van der Waals surface area contributed by atoms with Gasteiger partial charge in [-0.1, -0.05) is 21.1 Å². The first-order valence-electron chi connectivity index (χ1n) is 6.05. The maximum absolute atomic E-state index is 11.6. The molecular formula is C12H18BrNO4. The van der Waals surface area contributed by atoms with E-state index in [-0.39, 0.29) is 23.2 Å². The number of rotatable bonds is 6. The zero-order chi connectivity index (χ0) is 13.6. The Labute approximate surface area is 115 Å². The van der Waals surface area contributed by atoms with E-state index in [0.717, 1.165) is 25.7 Å². The van der Waals surface area contributed by atoms with Gasteiger partial charge in [-0.15, -0.1) is 0 Å². The summed E-state index contributed by atoms with van der Waals surface area (Å²) in [6, 6.07) is 0. The molecule has 18 heavy (non-hydrogen) atoms. The number of nitrogens with zero attached hydrogens (tertiary/aromatic N) is 1. The second-order valence-corrected chi connectivity index (χ2v) is 5.03. The maximum atomic E-state index is 11.6. The van der Waals surface area contributed by atoms with Crippen LogP contribution in [0.25, 0.3) is 0 Å². The topological polar surface area (TPSA) is 65.0 Å². The van der Waals surface area contributed by atoms with E-state index in [1.54, 1.807) is 6.92 Å². The van der Waals surface area contributed by atoms with Crippen molar-refractivity contribution in [2.45, 2.75) is 45.1 Å². The number of carbonyl (C=O) groups is 2. The Hall–Kier alpha value is -0.910. The molecule has 1 saturated carbocycles. The summed E-state index contributed by atoms with van der Waals surface area (Å²) in [5.74, 6) is -1.17. The zero-order valence-corrected chi connectivity index (χ0v) is 12.3. The molecule has 0 aromatic carbocycles. The highest BCUT2D eigenvalue weighted by Gasteiger charge is 2.32. The van der Waals surface area contributed by atoms with Gasteiger partial charge in [0.1, 0.15) is 5.60 Å². The van der Waals surface area contributed by atoms with Crippen LogP contribution < -0.4 is 0 Å². The number of Topliss-reactive ketones (excluding diaryl/α,β-unsaturated/α-hetero) is 1. The van der Waals surface area contributed by atoms with Gasteiger partial charge < -0.3 is 9.57 Å². The first kappa shape index (κ1) is 15.1. The van der Waals surface area contributed by atoms with E-state index in [0.29, 0.717) is 0 Å². The number of hydrogen-bond acceptors (Lipinski definition) is 5. The molecule has 1 rings (SSSR count). The Bertz CT molecular complexity index is 348. The number of ether oxygens (including phenoxy) is 1. The number of carbonyl (C=O) groups excluding carboxylic acids is 2. The van der Waals surface area contributed by atoms with Gasteiger partial charge in [-0.05, 0) is 39.5 Å². The van der Waals surface area contributed by atoms with E-state index >= 15 is 0 Å². The number of hydrogen-bond donors (Lipinski definition) is 0. The number of ketones is 1. The van der Waals surface area contributed by atoms with Gasteiger partial charge in [0.2, 0.25) is 11.5 Å². The quantitative estimate of drug-likeness (QED) is 0.247. The van der Waals surface area contributed by atoms with Crippen LogP contribution in [-0.2, 0) is 19.2 Å². The average Bonchev–Trinajstić information content (AvgIpc) is 2.76. The molecule has 5 nitrogen and oxygen atoms in total. The fraction of sp³-hybridized carbons (Fsp3) is 0.750. The van der Waals surface area contributed by atoms with Crippen molar-refractivity contribution in [1.29, 1.82) is 0 Å². The molecule has 0 amide bonds. The van der Waals surface area contributed by atoms with E-state index in [1.807, 2.05) is 6.92 Å². The first-order valence-corrected chi connectivity index (χ1v) is 7.17. The number of alkyl halides is 1. The predicted octanol–water partition coefficient (Wildman–Crippen LogP) is 2.22. The van der Waals surface area contributed by atoms with Crippen molar-refractivity contribution < 1.29 is 19.2 Å². The van der Waals surface area contributed by atoms with Gasteiger partial charge >= 0.3 is 5.97 Å². The van der Waals surface area contributed by atoms with E-state index < -0.39 is 11.8 Å². The van der Waals surface area contributed by atoms with Crippen LogP contribution in [0, 0.1) is 0 Å². The molecule has 6 heteroatoms. The van der Waals surface area contributed by atoms with E-state index in [9.17, 15) is 9.59 Å². The third kappa shape index (κ3) is 4.08. The SMILES string of the molecule is CCOC(=O)/C(=N/OC1(C)CCCC1)C(=O)CBr. The fourth-order valence-corrected chi connectivity index (χ4v) is 2.10. The van der Waals surface area contributed by atoms with Crippen molar-refractivity contribution in [2.75, 3.05) is 11.9 Å². The lowest BCUT2D eigenvalue weighted by atomic mass is 10.1. The zero-order valence-electron chi connectivity index (χ0n) is 10.7. The van der Waals surface area contributed by atoms with E-state index in [2.05, 4.69) is 21.1 Å². The summed E-state index contributed by atoms with van der Waals surface area (Å²) < 4.78 is 4.78. The Morgan fingerprint density at radius 3 is 2.44 bits per heavy atom. The molecule has 0 heterocycles. The third-order valence-electron chi connectivity index (χ3n) is 2.87. The van der Waals surface area contributed by atoms with Crippen LogP contribution in [0.2, 0.25) is 0 Å². The second-order valence-electron chi connectivity index (χ2n) is 4.47. The van der Waals surface area contributed by atoms with Gasteiger partial charge in [0.15, 0.2) is 0 Å². The summed E-state index contributed by atoms with van der Waals surface area (Å²) >= 11 is 3.01. The van der Waals surface area contributed by atoms with Crippen molar-refractivity contribution in [2.24, 2.45) is 5.16 Å². The minimum atomic E-state index is -0.733. The van der Waals surface area contributed by atoms with Gasteiger partial charge in [-0.2, -0.15) is 0 Å². The van der Waals surface area contributed by atoms with Gasteiger partial charge in [-0.3, -0.25) is 4.79 Å². The minimum Gasteiger partial charge on any atom is -0.461 e. The van der Waals surface area contributed by atoms with Gasteiger partial charge in [0.05, 0.1) is 11.9 Å². The molecule has 0 saturated heterocycles. The molecule has 0 spiro atoms. The molecule has 1 fully saturated rings. The maximum Gasteiger partial charge on any atom is 0.364 e. The van der Waals surface area contributed by atoms with Crippen LogP contribution in [-0.4, -0.2) is 35.0 Å². The van der Waals surface area contributed by atoms with Gasteiger partial charge in [0.25, 0.3) is 0 Å². The van der Waals surface area contributed by atoms with Crippen LogP contribution in [0.15, 0.2) is 5.16 Å². The number of halogens is 1. The second kappa shape index (κ2) is 6.87. The Morgan fingerprint density at radius 2 is 1.94 bits per heavy atom. The summed E-state index contributed by atoms with van der Waals surface area (Å²) in [4.78, 5) is 28.5. The van der Waals surface area contributed by atoms with Crippen molar-refractivity contribution in [3.05, 3.63) is 0 Å². The molecule has 0 N–H and O–H groups in total. The number of oxime groups is 1. The lowest BCUT2D eigenvalue weighted by Crippen LogP contribution is -2.30. The third-order valence-corrected chi connectivity index (χ3v) is 3.38. The molecule has 1 aliphatic carbocycles. The summed E-state index contributed by atoms with van der Waals surface area (Å²) in [6.07, 6.45) is 3.92. The Balaban J connectivity index is 2.75. The molecule has 0 unspecified atom stereocenters. The molecule has 0 aliphatic heterocycles. The van der Waals surface area contributed by atoms with Crippen molar-refractivity contribution >= 4 is 33.4 Å². The first-order chi connectivity index (χ1) is 8.52. The van der Waals surface area contributed by atoms with Crippen LogP contribution in [0.5, 0.6) is 0 Å². The molecule has 0 aromatic rings. The summed E-state index contributed by atoms with van der Waals surface area (Å²) in [6.45, 7) is 3.81. The highest BCUT2D eigenvalue weighted by Crippen LogP contribution is 2.32. The summed E-state index contributed by atoms with van der Waals surface area (Å²) in [7, 11) is 0. The van der Waals surface area contributed by atoms with Crippen molar-refractivity contribution in [1.82, 2.24) is 0 Å². The molecule has 0 atom stereocenters. The highest BCUT2D eigenvalue weighted by molar-refractivity contribution is 9.09. The van der Waals surface area contributed by atoms with Crippen LogP contribution >= 0.6 is 15.9 Å². The Kier molecular flexibility index (Phi) is 5.78. The summed E-state index contributed by atoms with van der Waals surface area (Å²) in [5, 5.41) is 3.75. The molecule has 0 bridgehead atoms. The molecule has 102 valence electrons. The molecule has 1 aliphatic rings. The summed E-state index contributed by atoms with van der Waals surface area (Å²) in [5.41, 5.74) is -0.647. The smallest absolute Gasteiger partial charge is 0.364 e. The Morgan fingerprint density at radius 1 is 1.33 bits per heavy atom. The lowest BCUT2D eigenvalue weighted by molar-refractivity contribution is -0.136. The lowest BCUT2D eigenvalue weighted by Gasteiger charge is -2.20. The number of esters is 1. The normalized spacial score (nSPS) is 18.5. The van der Waals surface area contributed by atoms with Crippen LogP contribution in [0.3, 0.4) is 0 Å². The monoisotopic (exact) mass is 319 g/mol. The van der Waals surface area contributed by atoms with Crippen LogP contribution in [0.4, 0.5) is 0 Å². The molecule has 0 radical (unpaired) electrons. The largest absolute Gasteiger partial charge is 0.461 e. The predicted molar refractivity (Wildman–Crippen MR) is 70.8 cm³/mol. The molecule has 0 aromatic heterocycles.